The van der Waals surface area contributed by atoms with Gasteiger partial charge in [-0.3, -0.25) is 14.5 Å². The third-order valence-electron chi connectivity index (χ3n) is 2.22. The van der Waals surface area contributed by atoms with Crippen LogP contribution in [-0.2, 0) is 6.54 Å². The van der Waals surface area contributed by atoms with Crippen LogP contribution in [0.4, 0.5) is 5.69 Å². The van der Waals surface area contributed by atoms with Crippen LogP contribution >= 0.6 is 0 Å². The van der Waals surface area contributed by atoms with Crippen molar-refractivity contribution in [2.24, 2.45) is 0 Å². The summed E-state index contributed by atoms with van der Waals surface area (Å²) in [5.74, 6) is -0.118. The standard InChI is InChI=1S/C11H13N5O/c12-10-7-15-16(8-10)6-5-14-11(17)9-1-3-13-4-2-9/h1-4,7-8H,5-6,12H2,(H,14,17). The van der Waals surface area contributed by atoms with Crippen molar-refractivity contribution < 1.29 is 4.79 Å². The molecule has 0 bridgehead atoms. The molecule has 0 atom stereocenters. The van der Waals surface area contributed by atoms with E-state index in [9.17, 15) is 4.79 Å². The van der Waals surface area contributed by atoms with Gasteiger partial charge >= 0.3 is 0 Å². The molecule has 0 fully saturated rings. The van der Waals surface area contributed by atoms with Crippen LogP contribution in [0, 0.1) is 0 Å². The van der Waals surface area contributed by atoms with Gasteiger partial charge in [-0.2, -0.15) is 5.10 Å². The Kier molecular flexibility index (Phi) is 3.34. The second-order valence-electron chi connectivity index (χ2n) is 3.53. The fraction of sp³-hybridized carbons (Fsp3) is 0.182. The molecule has 3 N–H and O–H groups in total. The first-order chi connectivity index (χ1) is 8.25. The van der Waals surface area contributed by atoms with E-state index in [1.54, 1.807) is 41.6 Å². The summed E-state index contributed by atoms with van der Waals surface area (Å²) in [6, 6.07) is 3.34. The second kappa shape index (κ2) is 5.11. The monoisotopic (exact) mass is 231 g/mol. The van der Waals surface area contributed by atoms with E-state index in [0.717, 1.165) is 0 Å². The first-order valence-electron chi connectivity index (χ1n) is 5.22. The predicted octanol–water partition coefficient (Wildman–Crippen LogP) is 0.290. The lowest BCUT2D eigenvalue weighted by atomic mass is 10.2. The highest BCUT2D eigenvalue weighted by molar-refractivity contribution is 5.93. The van der Waals surface area contributed by atoms with Gasteiger partial charge in [0.25, 0.3) is 5.91 Å². The molecule has 2 rings (SSSR count). The minimum Gasteiger partial charge on any atom is -0.396 e. The Morgan fingerprint density at radius 1 is 1.41 bits per heavy atom. The molecule has 17 heavy (non-hydrogen) atoms. The highest BCUT2D eigenvalue weighted by Crippen LogP contribution is 1.97. The maximum Gasteiger partial charge on any atom is 0.251 e. The highest BCUT2D eigenvalue weighted by Gasteiger charge is 2.03. The smallest absolute Gasteiger partial charge is 0.251 e. The number of hydrogen-bond donors (Lipinski definition) is 2. The fourth-order valence-electron chi connectivity index (χ4n) is 1.39. The normalized spacial score (nSPS) is 10.1. The molecule has 2 aromatic heterocycles. The van der Waals surface area contributed by atoms with Crippen LogP contribution in [0.2, 0.25) is 0 Å². The van der Waals surface area contributed by atoms with Gasteiger partial charge < -0.3 is 11.1 Å². The molecular weight excluding hydrogens is 218 g/mol. The van der Waals surface area contributed by atoms with Gasteiger partial charge in [0.2, 0.25) is 0 Å². The zero-order valence-electron chi connectivity index (χ0n) is 9.21. The van der Waals surface area contributed by atoms with Gasteiger partial charge in [-0.1, -0.05) is 0 Å². The number of nitrogens with two attached hydrogens (primary N) is 1. The van der Waals surface area contributed by atoms with Gasteiger partial charge in [0, 0.05) is 30.7 Å². The third-order valence-corrected chi connectivity index (χ3v) is 2.22. The zero-order chi connectivity index (χ0) is 12.1. The van der Waals surface area contributed by atoms with Crippen LogP contribution in [0.25, 0.3) is 0 Å². The molecule has 0 unspecified atom stereocenters. The molecule has 6 nitrogen and oxygen atoms in total. The van der Waals surface area contributed by atoms with E-state index in [1.165, 1.54) is 0 Å². The number of hydrogen-bond acceptors (Lipinski definition) is 4. The minimum atomic E-state index is -0.118. The number of nitrogens with one attached hydrogen (secondary N) is 1. The van der Waals surface area contributed by atoms with Crippen molar-refractivity contribution in [1.82, 2.24) is 20.1 Å². The van der Waals surface area contributed by atoms with Crippen molar-refractivity contribution in [3.63, 3.8) is 0 Å². The zero-order valence-corrected chi connectivity index (χ0v) is 9.21. The number of nitrogens with zero attached hydrogens (tertiary/aromatic N) is 3. The molecule has 0 aliphatic carbocycles. The van der Waals surface area contributed by atoms with Crippen LogP contribution in [0.1, 0.15) is 10.4 Å². The number of aromatic nitrogens is 3. The van der Waals surface area contributed by atoms with E-state index in [-0.39, 0.29) is 5.91 Å². The van der Waals surface area contributed by atoms with E-state index in [0.29, 0.717) is 24.3 Å². The van der Waals surface area contributed by atoms with Gasteiger partial charge in [0.05, 0.1) is 18.4 Å². The molecule has 0 spiro atoms. The van der Waals surface area contributed by atoms with E-state index in [4.69, 9.17) is 5.73 Å². The summed E-state index contributed by atoms with van der Waals surface area (Å²) in [5.41, 5.74) is 6.74. The summed E-state index contributed by atoms with van der Waals surface area (Å²) >= 11 is 0. The van der Waals surface area contributed by atoms with Gasteiger partial charge in [-0.25, -0.2) is 0 Å². The molecule has 0 aliphatic rings. The average molecular weight is 231 g/mol. The van der Waals surface area contributed by atoms with Crippen LogP contribution in [0.15, 0.2) is 36.9 Å². The van der Waals surface area contributed by atoms with E-state index in [1.807, 2.05) is 0 Å². The maximum atomic E-state index is 11.6. The Morgan fingerprint density at radius 2 is 2.18 bits per heavy atom. The highest BCUT2D eigenvalue weighted by atomic mass is 16.1. The molecule has 88 valence electrons. The Morgan fingerprint density at radius 3 is 2.82 bits per heavy atom. The topological polar surface area (TPSA) is 85.8 Å². The van der Waals surface area contributed by atoms with Crippen molar-refractivity contribution in [1.29, 1.82) is 0 Å². The molecular formula is C11H13N5O. The number of anilines is 1. The van der Waals surface area contributed by atoms with Crippen molar-refractivity contribution in [3.8, 4) is 0 Å². The van der Waals surface area contributed by atoms with Crippen molar-refractivity contribution in [3.05, 3.63) is 42.5 Å². The summed E-state index contributed by atoms with van der Waals surface area (Å²) in [5, 5.41) is 6.80. The summed E-state index contributed by atoms with van der Waals surface area (Å²) < 4.78 is 1.68. The Balaban J connectivity index is 1.81. The maximum absolute atomic E-state index is 11.6. The van der Waals surface area contributed by atoms with Crippen molar-refractivity contribution >= 4 is 11.6 Å². The molecule has 0 saturated heterocycles. The second-order valence-corrected chi connectivity index (χ2v) is 3.53. The van der Waals surface area contributed by atoms with Crippen molar-refractivity contribution in [2.45, 2.75) is 6.54 Å². The average Bonchev–Trinajstić information content (AvgIpc) is 2.76. The minimum absolute atomic E-state index is 0.118. The third kappa shape index (κ3) is 3.04. The number of carbonyl (C=O) groups excluding carboxylic acids is 1. The lowest BCUT2D eigenvalue weighted by molar-refractivity contribution is 0.0952. The quantitative estimate of drug-likeness (QED) is 0.792. The summed E-state index contributed by atoms with van der Waals surface area (Å²) in [6.45, 7) is 1.09. The first-order valence-corrected chi connectivity index (χ1v) is 5.22. The summed E-state index contributed by atoms with van der Waals surface area (Å²) in [4.78, 5) is 15.5. The molecule has 2 heterocycles. The lowest BCUT2D eigenvalue weighted by Crippen LogP contribution is -2.27. The van der Waals surface area contributed by atoms with E-state index in [2.05, 4.69) is 15.4 Å². The van der Waals surface area contributed by atoms with Gasteiger partial charge in [0.1, 0.15) is 0 Å². The number of nitrogen functional groups attached to an aromatic ring is 1. The lowest BCUT2D eigenvalue weighted by Gasteiger charge is -2.04. The Labute approximate surface area is 98.5 Å². The molecule has 2 aromatic rings. The fourth-order valence-corrected chi connectivity index (χ4v) is 1.39. The molecule has 6 heteroatoms. The predicted molar refractivity (Wildman–Crippen MR) is 63.2 cm³/mol. The van der Waals surface area contributed by atoms with E-state index < -0.39 is 0 Å². The van der Waals surface area contributed by atoms with Crippen LogP contribution in [0.3, 0.4) is 0 Å². The number of rotatable bonds is 4. The van der Waals surface area contributed by atoms with Crippen LogP contribution in [0.5, 0.6) is 0 Å². The van der Waals surface area contributed by atoms with Gasteiger partial charge in [-0.05, 0) is 12.1 Å². The van der Waals surface area contributed by atoms with Gasteiger partial charge in [-0.15, -0.1) is 0 Å². The summed E-state index contributed by atoms with van der Waals surface area (Å²) in [6.07, 6.45) is 6.47. The molecule has 0 aromatic carbocycles. The van der Waals surface area contributed by atoms with Crippen LogP contribution in [-0.4, -0.2) is 27.2 Å². The summed E-state index contributed by atoms with van der Waals surface area (Å²) in [7, 11) is 0. The molecule has 0 saturated carbocycles. The Hall–Kier alpha value is -2.37. The number of amides is 1. The SMILES string of the molecule is Nc1cnn(CCNC(=O)c2ccncc2)c1. The Bertz CT molecular complexity index is 494. The molecule has 0 aliphatic heterocycles. The van der Waals surface area contributed by atoms with Gasteiger partial charge in [0.15, 0.2) is 0 Å². The first kappa shape index (κ1) is 11.1. The largest absolute Gasteiger partial charge is 0.396 e. The number of carbonyl (C=O) groups is 1. The van der Waals surface area contributed by atoms with Crippen LogP contribution < -0.4 is 11.1 Å². The van der Waals surface area contributed by atoms with Crippen molar-refractivity contribution in [2.75, 3.05) is 12.3 Å². The molecule has 1 amide bonds. The van der Waals surface area contributed by atoms with E-state index >= 15 is 0 Å². The molecule has 0 radical (unpaired) electrons. The number of pyridine rings is 1.